The highest BCUT2D eigenvalue weighted by atomic mass is 32.2. The summed E-state index contributed by atoms with van der Waals surface area (Å²) in [5, 5.41) is 13.7. The molecule has 1 aromatic heterocycles. The summed E-state index contributed by atoms with van der Waals surface area (Å²) < 4.78 is 43.3. The van der Waals surface area contributed by atoms with Gasteiger partial charge in [0.15, 0.2) is 0 Å². The van der Waals surface area contributed by atoms with Crippen molar-refractivity contribution < 1.29 is 27.6 Å². The van der Waals surface area contributed by atoms with Crippen LogP contribution in [-0.4, -0.2) is 46.9 Å². The maximum Gasteiger partial charge on any atom is 0.306 e. The fraction of sp³-hybridized carbons (Fsp3) is 0.381. The third-order valence-corrected chi connectivity index (χ3v) is 5.35. The van der Waals surface area contributed by atoms with Crippen LogP contribution in [0.4, 0.5) is 4.39 Å². The lowest BCUT2D eigenvalue weighted by Gasteiger charge is -2.28. The maximum absolute atomic E-state index is 14.3. The van der Waals surface area contributed by atoms with E-state index in [4.69, 9.17) is 0 Å². The van der Waals surface area contributed by atoms with Crippen molar-refractivity contribution in [1.29, 1.82) is 0 Å². The molecule has 0 saturated carbocycles. The number of hydrogen-bond acceptors (Lipinski definition) is 6. The highest BCUT2D eigenvalue weighted by Crippen LogP contribution is 2.23. The number of aliphatic hydroxyl groups excluding tert-OH is 1. The van der Waals surface area contributed by atoms with Crippen LogP contribution in [0, 0.1) is 5.82 Å². The van der Waals surface area contributed by atoms with Crippen molar-refractivity contribution in [2.45, 2.75) is 38.5 Å². The minimum atomic E-state index is -3.74. The highest BCUT2D eigenvalue weighted by Gasteiger charge is 2.21. The van der Waals surface area contributed by atoms with E-state index in [0.717, 1.165) is 36.3 Å². The lowest BCUT2D eigenvalue weighted by atomic mass is 9.99. The Morgan fingerprint density at radius 1 is 1.26 bits per heavy atom. The van der Waals surface area contributed by atoms with Crippen molar-refractivity contribution in [2.24, 2.45) is 0 Å². The third kappa shape index (κ3) is 6.73. The van der Waals surface area contributed by atoms with Gasteiger partial charge in [-0.25, -0.2) is 9.37 Å². The number of benzene rings is 2. The number of hydrogen-bond donors (Lipinski definition) is 2. The van der Waals surface area contributed by atoms with Gasteiger partial charge >= 0.3 is 10.1 Å². The molecule has 0 aliphatic carbocycles. The molecular formula is C21H28FN3O5S. The van der Waals surface area contributed by atoms with Gasteiger partial charge in [0.1, 0.15) is 11.6 Å². The van der Waals surface area contributed by atoms with Gasteiger partial charge in [-0.15, -0.1) is 0 Å². The molecule has 0 saturated heterocycles. The summed E-state index contributed by atoms with van der Waals surface area (Å²) in [6.45, 7) is 4.90. The SMILES string of the molecule is CC(C)(CCn1cnc2ccccc21)NCC(O)c1ccc(OS(C)(=O)=O)cc1F.O. The van der Waals surface area contributed by atoms with Gasteiger partial charge in [0, 0.05) is 30.3 Å². The molecule has 3 rings (SSSR count). The Kier molecular flexibility index (Phi) is 7.77. The molecule has 1 heterocycles. The van der Waals surface area contributed by atoms with E-state index in [1.54, 1.807) is 0 Å². The van der Waals surface area contributed by atoms with E-state index in [0.29, 0.717) is 0 Å². The van der Waals surface area contributed by atoms with Crippen molar-refractivity contribution in [3.05, 3.63) is 60.2 Å². The molecule has 3 aromatic rings. The van der Waals surface area contributed by atoms with Gasteiger partial charge in [-0.3, -0.25) is 0 Å². The zero-order valence-electron chi connectivity index (χ0n) is 17.7. The van der Waals surface area contributed by atoms with E-state index in [1.807, 2.05) is 44.4 Å². The normalized spacial score (nSPS) is 13.1. The fourth-order valence-electron chi connectivity index (χ4n) is 3.16. The zero-order valence-corrected chi connectivity index (χ0v) is 18.5. The molecule has 31 heavy (non-hydrogen) atoms. The number of imidazole rings is 1. The standard InChI is InChI=1S/C21H26FN3O4S.H2O/c1-21(2,10-11-25-14-23-18-6-4-5-7-19(18)25)24-13-20(26)16-9-8-15(12-17(16)22)29-30(3,27)28;/h4-9,12,14,20,24,26H,10-11,13H2,1-3H3;1H2. The number of halogens is 1. The molecule has 4 N–H and O–H groups in total. The summed E-state index contributed by atoms with van der Waals surface area (Å²) in [7, 11) is -3.74. The van der Waals surface area contributed by atoms with Crippen molar-refractivity contribution >= 4 is 21.2 Å². The first-order valence-electron chi connectivity index (χ1n) is 9.56. The van der Waals surface area contributed by atoms with Gasteiger partial charge in [-0.1, -0.05) is 12.1 Å². The Morgan fingerprint density at radius 3 is 2.65 bits per heavy atom. The van der Waals surface area contributed by atoms with Gasteiger partial charge in [-0.05, 0) is 44.5 Å². The summed E-state index contributed by atoms with van der Waals surface area (Å²) >= 11 is 0. The predicted molar refractivity (Wildman–Crippen MR) is 117 cm³/mol. The molecule has 0 radical (unpaired) electrons. The van der Waals surface area contributed by atoms with Crippen molar-refractivity contribution in [3.8, 4) is 5.75 Å². The summed E-state index contributed by atoms with van der Waals surface area (Å²) in [5.74, 6) is -0.861. The van der Waals surface area contributed by atoms with E-state index >= 15 is 0 Å². The van der Waals surface area contributed by atoms with Gasteiger partial charge in [0.2, 0.25) is 0 Å². The molecule has 0 aliphatic rings. The summed E-state index contributed by atoms with van der Waals surface area (Å²) in [4.78, 5) is 4.39. The van der Waals surface area contributed by atoms with Crippen LogP contribution >= 0.6 is 0 Å². The van der Waals surface area contributed by atoms with Crippen LogP contribution in [0.1, 0.15) is 31.9 Å². The number of aromatic nitrogens is 2. The molecule has 2 aromatic carbocycles. The molecule has 0 amide bonds. The molecule has 1 atom stereocenters. The van der Waals surface area contributed by atoms with E-state index in [-0.39, 0.29) is 28.9 Å². The number of β-amino-alcohol motifs (C(OH)–C–C–N with tert-alkyl or cyclic N) is 1. The lowest BCUT2D eigenvalue weighted by molar-refractivity contribution is 0.154. The second kappa shape index (κ2) is 9.73. The van der Waals surface area contributed by atoms with Gasteiger partial charge < -0.3 is 24.6 Å². The topological polar surface area (TPSA) is 125 Å². The maximum atomic E-state index is 14.3. The highest BCUT2D eigenvalue weighted by molar-refractivity contribution is 7.86. The average Bonchev–Trinajstić information content (AvgIpc) is 3.07. The van der Waals surface area contributed by atoms with Crippen LogP contribution in [0.3, 0.4) is 0 Å². The molecule has 1 unspecified atom stereocenters. The number of fused-ring (bicyclic) bond motifs is 1. The van der Waals surface area contributed by atoms with Crippen LogP contribution in [-0.2, 0) is 16.7 Å². The van der Waals surface area contributed by atoms with Crippen LogP contribution in [0.15, 0.2) is 48.8 Å². The van der Waals surface area contributed by atoms with Crippen LogP contribution < -0.4 is 9.50 Å². The van der Waals surface area contributed by atoms with Gasteiger partial charge in [-0.2, -0.15) is 8.42 Å². The van der Waals surface area contributed by atoms with Crippen LogP contribution in [0.25, 0.3) is 11.0 Å². The number of para-hydroxylation sites is 2. The van der Waals surface area contributed by atoms with Crippen LogP contribution in [0.2, 0.25) is 0 Å². The Morgan fingerprint density at radius 2 is 1.97 bits per heavy atom. The number of aryl methyl sites for hydroxylation is 1. The number of aliphatic hydroxyl groups is 1. The summed E-state index contributed by atoms with van der Waals surface area (Å²) in [5.41, 5.74) is 1.76. The Bertz CT molecular complexity index is 1130. The Balaban J connectivity index is 0.00000341. The second-order valence-corrected chi connectivity index (χ2v) is 9.50. The van der Waals surface area contributed by atoms with Gasteiger partial charge in [0.05, 0.1) is 29.7 Å². The summed E-state index contributed by atoms with van der Waals surface area (Å²) in [6, 6.07) is 11.5. The second-order valence-electron chi connectivity index (χ2n) is 7.93. The fourth-order valence-corrected chi connectivity index (χ4v) is 3.62. The average molecular weight is 454 g/mol. The van der Waals surface area contributed by atoms with Crippen molar-refractivity contribution in [2.75, 3.05) is 12.8 Å². The summed E-state index contributed by atoms with van der Waals surface area (Å²) in [6.07, 6.45) is 2.37. The monoisotopic (exact) mass is 453 g/mol. The third-order valence-electron chi connectivity index (χ3n) is 4.86. The molecule has 8 nitrogen and oxygen atoms in total. The first kappa shape index (κ1) is 24.7. The smallest absolute Gasteiger partial charge is 0.306 e. The molecule has 0 aliphatic heterocycles. The first-order chi connectivity index (χ1) is 14.0. The predicted octanol–water partition coefficient (Wildman–Crippen LogP) is 2.18. The first-order valence-corrected chi connectivity index (χ1v) is 11.4. The van der Waals surface area contributed by atoms with Crippen LogP contribution in [0.5, 0.6) is 5.75 Å². The number of nitrogens with zero attached hydrogens (tertiary/aromatic N) is 2. The van der Waals surface area contributed by atoms with E-state index < -0.39 is 22.0 Å². The lowest BCUT2D eigenvalue weighted by Crippen LogP contribution is -2.42. The Labute approximate surface area is 181 Å². The van der Waals surface area contributed by atoms with Gasteiger partial charge in [0.25, 0.3) is 0 Å². The number of nitrogens with one attached hydrogen (secondary N) is 1. The molecule has 0 fully saturated rings. The number of rotatable bonds is 9. The molecule has 0 spiro atoms. The molecular weight excluding hydrogens is 425 g/mol. The minimum absolute atomic E-state index is 0. The Hall–Kier alpha value is -2.53. The quantitative estimate of drug-likeness (QED) is 0.479. The van der Waals surface area contributed by atoms with E-state index in [1.165, 1.54) is 12.1 Å². The molecule has 10 heteroatoms. The molecule has 170 valence electrons. The van der Waals surface area contributed by atoms with E-state index in [2.05, 4.69) is 19.1 Å². The molecule has 0 bridgehead atoms. The van der Waals surface area contributed by atoms with Crippen molar-refractivity contribution in [3.63, 3.8) is 0 Å². The van der Waals surface area contributed by atoms with Crippen molar-refractivity contribution in [1.82, 2.24) is 14.9 Å². The largest absolute Gasteiger partial charge is 0.412 e. The minimum Gasteiger partial charge on any atom is -0.412 e. The zero-order chi connectivity index (χ0) is 21.9. The van der Waals surface area contributed by atoms with E-state index in [9.17, 15) is 17.9 Å².